The third-order valence-corrected chi connectivity index (χ3v) is 5.35. The zero-order chi connectivity index (χ0) is 18.8. The fourth-order valence-corrected chi connectivity index (χ4v) is 3.59. The molecule has 1 saturated carbocycles. The first-order chi connectivity index (χ1) is 13.2. The Labute approximate surface area is 159 Å². The Bertz CT molecular complexity index is 899. The molecule has 1 aliphatic carbocycles. The van der Waals surface area contributed by atoms with Gasteiger partial charge in [0, 0.05) is 31.8 Å². The molecular formula is C22H23N3O2. The van der Waals surface area contributed by atoms with Crippen molar-refractivity contribution in [3.63, 3.8) is 0 Å². The van der Waals surface area contributed by atoms with Crippen molar-refractivity contribution in [3.05, 3.63) is 48.0 Å². The van der Waals surface area contributed by atoms with Gasteiger partial charge in [0.25, 0.3) is 0 Å². The molecule has 5 nitrogen and oxygen atoms in total. The van der Waals surface area contributed by atoms with Gasteiger partial charge in [-0.05, 0) is 54.7 Å². The third-order valence-electron chi connectivity index (χ3n) is 5.35. The van der Waals surface area contributed by atoms with Crippen molar-refractivity contribution in [3.8, 4) is 17.2 Å². The number of rotatable bonds is 5. The van der Waals surface area contributed by atoms with Crippen LogP contribution in [0.1, 0.15) is 24.8 Å². The summed E-state index contributed by atoms with van der Waals surface area (Å²) in [5.41, 5.74) is 4.38. The van der Waals surface area contributed by atoms with E-state index in [1.165, 1.54) is 0 Å². The van der Waals surface area contributed by atoms with Crippen LogP contribution in [-0.2, 0) is 9.53 Å². The van der Waals surface area contributed by atoms with Gasteiger partial charge in [-0.3, -0.25) is 4.79 Å². The summed E-state index contributed by atoms with van der Waals surface area (Å²) >= 11 is 0. The minimum absolute atomic E-state index is 0.0990. The average molecular weight is 361 g/mol. The van der Waals surface area contributed by atoms with Gasteiger partial charge in [-0.2, -0.15) is 5.26 Å². The van der Waals surface area contributed by atoms with Crippen molar-refractivity contribution in [1.29, 1.82) is 5.26 Å². The number of hydrogen-bond donors (Lipinski definition) is 1. The molecule has 0 bridgehead atoms. The number of benzene rings is 2. The molecule has 1 N–H and O–H groups in total. The van der Waals surface area contributed by atoms with Crippen LogP contribution in [0.4, 0.5) is 11.4 Å². The Morgan fingerprint density at radius 1 is 1.19 bits per heavy atom. The molecule has 1 saturated heterocycles. The number of nitrogens with one attached hydrogen (secondary N) is 1. The molecule has 2 fully saturated rings. The normalized spacial score (nSPS) is 19.0. The van der Waals surface area contributed by atoms with Gasteiger partial charge in [-0.1, -0.05) is 18.2 Å². The molecule has 1 heterocycles. The highest BCUT2D eigenvalue weighted by atomic mass is 16.5. The van der Waals surface area contributed by atoms with E-state index in [-0.39, 0.29) is 17.9 Å². The van der Waals surface area contributed by atoms with Crippen LogP contribution in [0.2, 0.25) is 0 Å². The molecule has 2 aromatic rings. The Hall–Kier alpha value is -2.84. The summed E-state index contributed by atoms with van der Waals surface area (Å²) in [6, 6.07) is 16.1. The predicted molar refractivity (Wildman–Crippen MR) is 106 cm³/mol. The van der Waals surface area contributed by atoms with Gasteiger partial charge in [0.05, 0.1) is 17.4 Å². The molecule has 0 spiro atoms. The molecule has 1 aliphatic heterocycles. The molecule has 27 heavy (non-hydrogen) atoms. The topological polar surface area (TPSA) is 65.4 Å². The van der Waals surface area contributed by atoms with Crippen LogP contribution in [0, 0.1) is 17.2 Å². The van der Waals surface area contributed by atoms with Gasteiger partial charge in [-0.15, -0.1) is 0 Å². The maximum absolute atomic E-state index is 12.0. The van der Waals surface area contributed by atoms with Crippen molar-refractivity contribution in [2.75, 3.05) is 30.4 Å². The van der Waals surface area contributed by atoms with Gasteiger partial charge in [0.15, 0.2) is 0 Å². The number of methoxy groups -OCH3 is 1. The zero-order valence-corrected chi connectivity index (χ0v) is 15.4. The number of hydrogen-bond acceptors (Lipinski definition) is 4. The molecule has 0 aromatic heterocycles. The average Bonchev–Trinajstić information content (AvgIpc) is 3.45. The smallest absolute Gasteiger partial charge is 0.227 e. The molecule has 1 atom stereocenters. The van der Waals surface area contributed by atoms with Crippen LogP contribution in [0.5, 0.6) is 0 Å². The van der Waals surface area contributed by atoms with E-state index in [1.54, 1.807) is 7.11 Å². The fourth-order valence-electron chi connectivity index (χ4n) is 3.59. The molecule has 5 heteroatoms. The van der Waals surface area contributed by atoms with Crippen LogP contribution in [-0.4, -0.2) is 32.2 Å². The molecule has 2 aromatic carbocycles. The summed E-state index contributed by atoms with van der Waals surface area (Å²) in [5.74, 6) is 0.275. The van der Waals surface area contributed by atoms with Gasteiger partial charge >= 0.3 is 0 Å². The lowest BCUT2D eigenvalue weighted by Crippen LogP contribution is -2.22. The van der Waals surface area contributed by atoms with Gasteiger partial charge in [-0.25, -0.2) is 0 Å². The van der Waals surface area contributed by atoms with Crippen molar-refractivity contribution >= 4 is 17.3 Å². The van der Waals surface area contributed by atoms with E-state index in [0.29, 0.717) is 5.56 Å². The molecule has 0 radical (unpaired) electrons. The monoisotopic (exact) mass is 361 g/mol. The highest BCUT2D eigenvalue weighted by molar-refractivity contribution is 5.94. The van der Waals surface area contributed by atoms with E-state index in [2.05, 4.69) is 16.3 Å². The summed E-state index contributed by atoms with van der Waals surface area (Å²) in [6.45, 7) is 1.71. The summed E-state index contributed by atoms with van der Waals surface area (Å²) in [6.07, 6.45) is 3.17. The van der Waals surface area contributed by atoms with Crippen molar-refractivity contribution in [1.82, 2.24) is 0 Å². The number of amides is 1. The SMILES string of the molecule is CO[C@@H]1CCN(c2ccc(-c3cccc(NC(=O)C4CC4)c3)cc2C#N)C1. The Balaban J connectivity index is 1.57. The lowest BCUT2D eigenvalue weighted by atomic mass is 10.0. The van der Waals surface area contributed by atoms with Gasteiger partial charge in [0.2, 0.25) is 5.91 Å². The lowest BCUT2D eigenvalue weighted by molar-refractivity contribution is -0.117. The molecule has 2 aliphatic rings. The number of carbonyl (C=O) groups is 1. The first-order valence-electron chi connectivity index (χ1n) is 9.41. The van der Waals surface area contributed by atoms with Crippen LogP contribution in [0.25, 0.3) is 11.1 Å². The fraction of sp³-hybridized carbons (Fsp3) is 0.364. The number of nitrogens with zero attached hydrogens (tertiary/aromatic N) is 2. The van der Waals surface area contributed by atoms with E-state index < -0.39 is 0 Å². The van der Waals surface area contributed by atoms with Crippen molar-refractivity contribution < 1.29 is 9.53 Å². The number of carbonyl (C=O) groups excluding carboxylic acids is 1. The molecular weight excluding hydrogens is 338 g/mol. The van der Waals surface area contributed by atoms with E-state index in [9.17, 15) is 10.1 Å². The highest BCUT2D eigenvalue weighted by Crippen LogP contribution is 2.32. The quantitative estimate of drug-likeness (QED) is 0.880. The van der Waals surface area contributed by atoms with Crippen molar-refractivity contribution in [2.24, 2.45) is 5.92 Å². The number of ether oxygens (including phenoxy) is 1. The second-order valence-corrected chi connectivity index (χ2v) is 7.28. The third kappa shape index (κ3) is 3.81. The Morgan fingerprint density at radius 3 is 2.70 bits per heavy atom. The van der Waals surface area contributed by atoms with Gasteiger partial charge < -0.3 is 15.0 Å². The van der Waals surface area contributed by atoms with E-state index in [0.717, 1.165) is 54.9 Å². The van der Waals surface area contributed by atoms with Gasteiger partial charge in [0.1, 0.15) is 6.07 Å². The highest BCUT2D eigenvalue weighted by Gasteiger charge is 2.29. The minimum Gasteiger partial charge on any atom is -0.380 e. The first kappa shape index (κ1) is 17.6. The number of nitriles is 1. The first-order valence-corrected chi connectivity index (χ1v) is 9.41. The summed E-state index contributed by atoms with van der Waals surface area (Å²) in [5, 5.41) is 12.6. The van der Waals surface area contributed by atoms with Crippen LogP contribution < -0.4 is 10.2 Å². The molecule has 0 unspecified atom stereocenters. The summed E-state index contributed by atoms with van der Waals surface area (Å²) in [4.78, 5) is 14.2. The van der Waals surface area contributed by atoms with Crippen LogP contribution >= 0.6 is 0 Å². The van der Waals surface area contributed by atoms with Crippen LogP contribution in [0.15, 0.2) is 42.5 Å². The minimum atomic E-state index is 0.0990. The molecule has 1 amide bonds. The molecule has 4 rings (SSSR count). The van der Waals surface area contributed by atoms with E-state index in [4.69, 9.17) is 4.74 Å². The Kier molecular flexibility index (Phi) is 4.83. The standard InChI is InChI=1S/C22H23N3O2/c1-27-20-9-10-25(14-20)21-8-7-17(11-18(21)13-23)16-3-2-4-19(12-16)24-22(26)15-5-6-15/h2-4,7-8,11-12,15,20H,5-6,9-10,14H2,1H3,(H,24,26)/t20-/m1/s1. The summed E-state index contributed by atoms with van der Waals surface area (Å²) < 4.78 is 5.44. The zero-order valence-electron chi connectivity index (χ0n) is 15.4. The van der Waals surface area contributed by atoms with Crippen LogP contribution in [0.3, 0.4) is 0 Å². The van der Waals surface area contributed by atoms with E-state index in [1.807, 2.05) is 42.5 Å². The lowest BCUT2D eigenvalue weighted by Gasteiger charge is -2.20. The second-order valence-electron chi connectivity index (χ2n) is 7.28. The molecule has 138 valence electrons. The number of anilines is 2. The predicted octanol–water partition coefficient (Wildman–Crippen LogP) is 3.80. The Morgan fingerprint density at radius 2 is 2.00 bits per heavy atom. The summed E-state index contributed by atoms with van der Waals surface area (Å²) in [7, 11) is 1.73. The maximum atomic E-state index is 12.0. The maximum Gasteiger partial charge on any atom is 0.227 e. The second kappa shape index (κ2) is 7.42. The van der Waals surface area contributed by atoms with Crippen molar-refractivity contribution in [2.45, 2.75) is 25.4 Å². The largest absolute Gasteiger partial charge is 0.380 e. The van der Waals surface area contributed by atoms with E-state index >= 15 is 0 Å².